The van der Waals surface area contributed by atoms with Crippen molar-refractivity contribution in [2.75, 3.05) is 40.5 Å². The van der Waals surface area contributed by atoms with Gasteiger partial charge in [-0.2, -0.15) is 0 Å². The zero-order valence-corrected chi connectivity index (χ0v) is 22.4. The maximum Gasteiger partial charge on any atom is 0.311 e. The average molecular weight is 470 g/mol. The fourth-order valence-electron chi connectivity index (χ4n) is 3.64. The van der Waals surface area contributed by atoms with E-state index in [-0.39, 0.29) is 21.5 Å². The number of nitrogens with zero attached hydrogens (tertiary/aromatic N) is 1. The predicted octanol–water partition coefficient (Wildman–Crippen LogP) is 5.92. The van der Waals surface area contributed by atoms with Gasteiger partial charge in [0.05, 0.1) is 13.2 Å². The molecule has 0 aromatic heterocycles. The summed E-state index contributed by atoms with van der Waals surface area (Å²) in [6.07, 6.45) is 4.71. The van der Waals surface area contributed by atoms with Crippen molar-refractivity contribution in [2.45, 2.75) is 98.3 Å². The highest BCUT2D eigenvalue weighted by Crippen LogP contribution is 2.29. The van der Waals surface area contributed by atoms with Crippen molar-refractivity contribution < 1.29 is 18.1 Å². The molecule has 1 N–H and O–H groups in total. The van der Waals surface area contributed by atoms with Gasteiger partial charge in [0.2, 0.25) is 0 Å². The molecule has 29 heavy (non-hydrogen) atoms. The Bertz CT molecular complexity index is 385. The van der Waals surface area contributed by atoms with Gasteiger partial charge >= 0.3 is 8.56 Å². The second-order valence-electron chi connectivity index (χ2n) is 9.26. The number of hydrogen-bond donors (Lipinski definition) is 1. The molecule has 0 aromatic rings. The molecule has 0 aliphatic heterocycles. The van der Waals surface area contributed by atoms with Crippen LogP contribution in [-0.2, 0) is 13.0 Å². The van der Waals surface area contributed by atoms with Gasteiger partial charge in [0.15, 0.2) is 16.6 Å². The first-order valence-electron chi connectivity index (χ1n) is 10.7. The third-order valence-corrected chi connectivity index (χ3v) is 17.2. The van der Waals surface area contributed by atoms with Crippen molar-refractivity contribution in [1.82, 2.24) is 4.90 Å². The van der Waals surface area contributed by atoms with Gasteiger partial charge in [-0.15, -0.1) is 0 Å². The molecule has 180 valence electrons. The molecule has 0 heterocycles. The molecule has 0 aliphatic carbocycles. The monoisotopic (exact) mass is 469 g/mol. The summed E-state index contributed by atoms with van der Waals surface area (Å²) in [4.78, 5) is 2.27. The van der Waals surface area contributed by atoms with E-state index in [2.05, 4.69) is 58.7 Å². The molecule has 0 saturated heterocycles. The van der Waals surface area contributed by atoms with Crippen LogP contribution >= 0.6 is 0 Å². The van der Waals surface area contributed by atoms with E-state index >= 15 is 0 Å². The molecule has 0 amide bonds. The Morgan fingerprint density at radius 3 is 1.90 bits per heavy atom. The standard InChI is InChI=1S/C19H47NO4Si3.2CH4/c1-9-10-18-27(8,19-11-13-20(2)3)24-26(6,7)23-25(4,5)17-12-15-22-16-14-21;;/h21H,9-19H2,1-8H3;2*1H4. The van der Waals surface area contributed by atoms with E-state index in [1.165, 1.54) is 31.4 Å². The van der Waals surface area contributed by atoms with Crippen LogP contribution in [0.3, 0.4) is 0 Å². The number of hydrogen-bond acceptors (Lipinski definition) is 5. The van der Waals surface area contributed by atoms with Crippen LogP contribution in [0.25, 0.3) is 0 Å². The van der Waals surface area contributed by atoms with E-state index in [1.807, 2.05) is 0 Å². The van der Waals surface area contributed by atoms with E-state index in [9.17, 15) is 0 Å². The van der Waals surface area contributed by atoms with Crippen molar-refractivity contribution in [1.29, 1.82) is 0 Å². The van der Waals surface area contributed by atoms with Crippen LogP contribution in [0.1, 0.15) is 47.5 Å². The number of ether oxygens (including phenoxy) is 1. The van der Waals surface area contributed by atoms with Gasteiger partial charge < -0.3 is 23.0 Å². The molecule has 0 bridgehead atoms. The molecule has 0 aliphatic rings. The van der Waals surface area contributed by atoms with Crippen LogP contribution in [0.5, 0.6) is 0 Å². The van der Waals surface area contributed by atoms with Crippen LogP contribution in [0.2, 0.25) is 50.9 Å². The van der Waals surface area contributed by atoms with Crippen molar-refractivity contribution in [3.63, 3.8) is 0 Å². The smallest absolute Gasteiger partial charge is 0.311 e. The Balaban J connectivity index is -0.00000338. The SMILES string of the molecule is C.C.CCCC[Si](C)(CCCN(C)C)O[Si](C)(C)O[Si](C)(C)CCCOCCO. The van der Waals surface area contributed by atoms with Crippen LogP contribution in [-0.4, -0.2) is 75.7 Å². The number of aliphatic hydroxyl groups is 1. The molecule has 0 spiro atoms. The lowest BCUT2D eigenvalue weighted by Crippen LogP contribution is -2.53. The summed E-state index contributed by atoms with van der Waals surface area (Å²) in [5.74, 6) is 0. The van der Waals surface area contributed by atoms with E-state index in [1.54, 1.807) is 0 Å². The van der Waals surface area contributed by atoms with Crippen molar-refractivity contribution >= 4 is 25.2 Å². The fourth-order valence-corrected chi connectivity index (χ4v) is 18.7. The highest BCUT2D eigenvalue weighted by molar-refractivity contribution is 6.88. The Kier molecular flexibility index (Phi) is 20.0. The summed E-state index contributed by atoms with van der Waals surface area (Å²) in [6.45, 7) is 16.1. The van der Waals surface area contributed by atoms with Gasteiger partial charge in [-0.25, -0.2) is 0 Å². The fraction of sp³-hybridized carbons (Fsp3) is 1.00. The molecule has 1 atom stereocenters. The van der Waals surface area contributed by atoms with E-state index < -0.39 is 25.2 Å². The molecule has 0 aromatic carbocycles. The second kappa shape index (κ2) is 17.1. The van der Waals surface area contributed by atoms with Crippen molar-refractivity contribution in [3.8, 4) is 0 Å². The van der Waals surface area contributed by atoms with Gasteiger partial charge in [-0.1, -0.05) is 34.6 Å². The topological polar surface area (TPSA) is 51.2 Å². The van der Waals surface area contributed by atoms with E-state index in [0.29, 0.717) is 13.2 Å². The number of rotatable bonds is 17. The molecule has 0 rings (SSSR count). The van der Waals surface area contributed by atoms with Crippen LogP contribution in [0.4, 0.5) is 0 Å². The normalized spacial score (nSPS) is 14.3. The van der Waals surface area contributed by atoms with Crippen LogP contribution in [0.15, 0.2) is 0 Å². The quantitative estimate of drug-likeness (QED) is 0.211. The van der Waals surface area contributed by atoms with Gasteiger partial charge in [-0.3, -0.25) is 0 Å². The Morgan fingerprint density at radius 1 is 0.793 bits per heavy atom. The molecular formula is C21H55NO4Si3. The average Bonchev–Trinajstić information content (AvgIpc) is 2.50. The largest absolute Gasteiger partial charge is 0.437 e. The summed E-state index contributed by atoms with van der Waals surface area (Å²) < 4.78 is 19.0. The Labute approximate surface area is 187 Å². The lowest BCUT2D eigenvalue weighted by atomic mass is 10.4. The van der Waals surface area contributed by atoms with E-state index in [4.69, 9.17) is 18.1 Å². The summed E-state index contributed by atoms with van der Waals surface area (Å²) in [6, 6.07) is 3.54. The molecule has 0 fully saturated rings. The zero-order valence-electron chi connectivity index (χ0n) is 19.4. The first kappa shape index (κ1) is 34.1. The third-order valence-electron chi connectivity index (χ3n) is 4.69. The second-order valence-corrected chi connectivity index (χ2v) is 21.6. The van der Waals surface area contributed by atoms with Crippen molar-refractivity contribution in [2.24, 2.45) is 0 Å². The minimum atomic E-state index is -2.15. The van der Waals surface area contributed by atoms with Gasteiger partial charge in [0.25, 0.3) is 0 Å². The lowest BCUT2D eigenvalue weighted by molar-refractivity contribution is 0.0923. The molecule has 5 nitrogen and oxygen atoms in total. The van der Waals surface area contributed by atoms with E-state index in [0.717, 1.165) is 19.0 Å². The predicted molar refractivity (Wildman–Crippen MR) is 137 cm³/mol. The maximum atomic E-state index is 8.79. The zero-order chi connectivity index (χ0) is 21.0. The number of unbranched alkanes of at least 4 members (excludes halogenated alkanes) is 1. The molecule has 0 saturated carbocycles. The maximum absolute atomic E-state index is 8.79. The van der Waals surface area contributed by atoms with Crippen LogP contribution < -0.4 is 0 Å². The summed E-state index contributed by atoms with van der Waals surface area (Å²) in [5, 5.41) is 8.79. The lowest BCUT2D eigenvalue weighted by Gasteiger charge is -2.40. The van der Waals surface area contributed by atoms with Gasteiger partial charge in [-0.05, 0) is 84.3 Å². The highest BCUT2D eigenvalue weighted by atomic mass is 28.5. The van der Waals surface area contributed by atoms with Crippen molar-refractivity contribution in [3.05, 3.63) is 0 Å². The summed E-state index contributed by atoms with van der Waals surface area (Å²) >= 11 is 0. The first-order chi connectivity index (χ1) is 12.5. The highest BCUT2D eigenvalue weighted by Gasteiger charge is 2.41. The molecular weight excluding hydrogens is 414 g/mol. The molecule has 0 radical (unpaired) electrons. The Hall–Kier alpha value is 0.451. The summed E-state index contributed by atoms with van der Waals surface area (Å²) in [7, 11) is -1.37. The molecule has 8 heteroatoms. The van der Waals surface area contributed by atoms with Crippen LogP contribution in [0, 0.1) is 0 Å². The minimum Gasteiger partial charge on any atom is -0.437 e. The minimum absolute atomic E-state index is 0. The van der Waals surface area contributed by atoms with Gasteiger partial charge in [0.1, 0.15) is 0 Å². The number of aliphatic hydroxyl groups excluding tert-OH is 1. The first-order valence-corrected chi connectivity index (χ1v) is 19.4. The third kappa shape index (κ3) is 18.9. The molecule has 1 unspecified atom stereocenters. The Morgan fingerprint density at radius 2 is 1.38 bits per heavy atom. The summed E-state index contributed by atoms with van der Waals surface area (Å²) in [5.41, 5.74) is 0. The van der Waals surface area contributed by atoms with Gasteiger partial charge in [0, 0.05) is 6.61 Å².